The van der Waals surface area contributed by atoms with Crippen molar-refractivity contribution in [3.8, 4) is 11.3 Å². The molecule has 0 unspecified atom stereocenters. The lowest BCUT2D eigenvalue weighted by Crippen LogP contribution is -2.40. The number of hydrogen-bond acceptors (Lipinski definition) is 5. The summed E-state index contributed by atoms with van der Waals surface area (Å²) in [5, 5.41) is 8.13. The third-order valence-corrected chi connectivity index (χ3v) is 6.61. The van der Waals surface area contributed by atoms with Crippen LogP contribution in [0.15, 0.2) is 59.5 Å². The van der Waals surface area contributed by atoms with Gasteiger partial charge in [0.15, 0.2) is 5.82 Å². The highest BCUT2D eigenvalue weighted by molar-refractivity contribution is 5.93. The monoisotopic (exact) mass is 527 g/mol. The summed E-state index contributed by atoms with van der Waals surface area (Å²) in [6, 6.07) is 11.3. The minimum Gasteiger partial charge on any atom is -0.348 e. The summed E-state index contributed by atoms with van der Waals surface area (Å²) in [5.41, 5.74) is 0.495. The Kier molecular flexibility index (Phi) is 7.96. The zero-order valence-electron chi connectivity index (χ0n) is 20.9. The Morgan fingerprint density at radius 3 is 2.66 bits per heavy atom. The molecule has 1 aliphatic rings. The van der Waals surface area contributed by atoms with Crippen LogP contribution < -0.4 is 21.5 Å². The molecular formula is C27H28F3N5O3. The fraction of sp³-hybridized carbons (Fsp3) is 0.333. The number of carbonyl (C=O) groups excluding carboxylic acids is 2. The van der Waals surface area contributed by atoms with E-state index >= 15 is 0 Å². The maximum atomic E-state index is 13.4. The topological polar surface area (TPSA) is 105 Å². The van der Waals surface area contributed by atoms with Gasteiger partial charge < -0.3 is 16.0 Å². The van der Waals surface area contributed by atoms with Crippen LogP contribution in [0, 0.1) is 0 Å². The Balaban J connectivity index is 1.70. The van der Waals surface area contributed by atoms with Gasteiger partial charge in [-0.25, -0.2) is 4.98 Å². The highest BCUT2D eigenvalue weighted by Gasteiger charge is 2.31. The molecule has 2 amide bonds. The van der Waals surface area contributed by atoms with Gasteiger partial charge in [-0.3, -0.25) is 19.0 Å². The summed E-state index contributed by atoms with van der Waals surface area (Å²) in [6.07, 6.45) is -0.915. The van der Waals surface area contributed by atoms with Crippen LogP contribution >= 0.6 is 0 Å². The molecule has 0 fully saturated rings. The van der Waals surface area contributed by atoms with Crippen molar-refractivity contribution in [2.45, 2.75) is 51.0 Å². The number of aryl methyl sites for hydroxylation is 1. The summed E-state index contributed by atoms with van der Waals surface area (Å²) < 4.78 is 41.1. The van der Waals surface area contributed by atoms with Gasteiger partial charge in [-0.15, -0.1) is 0 Å². The largest absolute Gasteiger partial charge is 0.416 e. The van der Waals surface area contributed by atoms with E-state index in [1.165, 1.54) is 18.3 Å². The van der Waals surface area contributed by atoms with Crippen molar-refractivity contribution in [2.75, 3.05) is 12.4 Å². The molecule has 38 heavy (non-hydrogen) atoms. The first-order chi connectivity index (χ1) is 18.1. The second-order valence-electron chi connectivity index (χ2n) is 9.17. The van der Waals surface area contributed by atoms with Gasteiger partial charge in [-0.05, 0) is 56.5 Å². The lowest BCUT2D eigenvalue weighted by molar-refractivity contribution is -0.137. The quantitative estimate of drug-likeness (QED) is 0.435. The summed E-state index contributed by atoms with van der Waals surface area (Å²) in [6.45, 7) is 1.11. The van der Waals surface area contributed by atoms with Crippen LogP contribution in [0.4, 0.5) is 19.0 Å². The minimum atomic E-state index is -4.60. The number of benzene rings is 2. The summed E-state index contributed by atoms with van der Waals surface area (Å²) in [7, 11) is 1.57. The first-order valence-electron chi connectivity index (χ1n) is 12.2. The van der Waals surface area contributed by atoms with E-state index in [1.54, 1.807) is 14.0 Å². The van der Waals surface area contributed by atoms with E-state index < -0.39 is 41.7 Å². The molecule has 0 spiro atoms. The number of carbonyl (C=O) groups is 2. The Morgan fingerprint density at radius 2 is 1.92 bits per heavy atom. The zero-order chi connectivity index (χ0) is 27.4. The van der Waals surface area contributed by atoms with Gasteiger partial charge >= 0.3 is 6.18 Å². The van der Waals surface area contributed by atoms with E-state index in [0.29, 0.717) is 0 Å². The number of aromatic nitrogens is 2. The van der Waals surface area contributed by atoms with E-state index in [4.69, 9.17) is 0 Å². The molecule has 4 rings (SSSR count). The predicted octanol–water partition coefficient (Wildman–Crippen LogP) is 3.67. The fourth-order valence-electron chi connectivity index (χ4n) is 4.46. The summed E-state index contributed by atoms with van der Waals surface area (Å²) >= 11 is 0. The van der Waals surface area contributed by atoms with Crippen LogP contribution in [-0.4, -0.2) is 34.5 Å². The average molecular weight is 528 g/mol. The molecule has 1 aromatic heterocycles. The van der Waals surface area contributed by atoms with Gasteiger partial charge in [0, 0.05) is 5.56 Å². The second-order valence-corrected chi connectivity index (χ2v) is 9.17. The fourth-order valence-corrected chi connectivity index (χ4v) is 4.46. The van der Waals surface area contributed by atoms with E-state index in [9.17, 15) is 27.6 Å². The van der Waals surface area contributed by atoms with Crippen molar-refractivity contribution in [2.24, 2.45) is 0 Å². The van der Waals surface area contributed by atoms with Crippen molar-refractivity contribution >= 4 is 17.6 Å². The molecule has 1 heterocycles. The van der Waals surface area contributed by atoms with Gasteiger partial charge in [0.2, 0.25) is 11.8 Å². The van der Waals surface area contributed by atoms with Gasteiger partial charge in [0.05, 0.1) is 29.5 Å². The Bertz CT molecular complexity index is 1400. The molecule has 3 aromatic rings. The van der Waals surface area contributed by atoms with E-state index in [2.05, 4.69) is 20.9 Å². The van der Waals surface area contributed by atoms with Gasteiger partial charge in [0.25, 0.3) is 5.56 Å². The molecule has 200 valence electrons. The number of fused-ring (bicyclic) bond motifs is 1. The van der Waals surface area contributed by atoms with Crippen LogP contribution in [-0.2, 0) is 28.7 Å². The molecule has 2 atom stereocenters. The third-order valence-electron chi connectivity index (χ3n) is 6.61. The molecule has 1 aliphatic carbocycles. The lowest BCUT2D eigenvalue weighted by atomic mass is 9.88. The third kappa shape index (κ3) is 5.94. The van der Waals surface area contributed by atoms with Crippen molar-refractivity contribution in [3.05, 3.63) is 81.8 Å². The smallest absolute Gasteiger partial charge is 0.348 e. The molecule has 8 nitrogen and oxygen atoms in total. The number of nitrogens with zero attached hydrogens (tertiary/aromatic N) is 2. The van der Waals surface area contributed by atoms with Crippen LogP contribution in [0.25, 0.3) is 11.3 Å². The Labute approximate surface area is 217 Å². The minimum absolute atomic E-state index is 0.0139. The maximum absolute atomic E-state index is 13.4. The Morgan fingerprint density at radius 1 is 1.16 bits per heavy atom. The summed E-state index contributed by atoms with van der Waals surface area (Å²) in [4.78, 5) is 42.9. The van der Waals surface area contributed by atoms with E-state index in [0.717, 1.165) is 47.1 Å². The van der Waals surface area contributed by atoms with Crippen LogP contribution in [0.1, 0.15) is 42.5 Å². The van der Waals surface area contributed by atoms with E-state index in [-0.39, 0.29) is 23.1 Å². The van der Waals surface area contributed by atoms with Crippen molar-refractivity contribution in [1.82, 2.24) is 20.2 Å². The lowest BCUT2D eigenvalue weighted by Gasteiger charge is -2.26. The molecule has 2 aromatic carbocycles. The second kappa shape index (κ2) is 11.2. The van der Waals surface area contributed by atoms with Crippen LogP contribution in [0.5, 0.6) is 0 Å². The number of amides is 2. The number of rotatable bonds is 7. The summed E-state index contributed by atoms with van der Waals surface area (Å²) in [5.74, 6) is -1.35. The van der Waals surface area contributed by atoms with Crippen LogP contribution in [0.2, 0.25) is 0 Å². The van der Waals surface area contributed by atoms with Crippen LogP contribution in [0.3, 0.4) is 0 Å². The standard InChI is InChI=1S/C27H28F3N5O3/c1-16(31-2)25(37)34-24-26(38)35(22(14-32-24)18-9-5-10-19(13-18)27(28,29)30)15-23(36)33-21-12-6-8-17-7-3-4-11-20(17)21/h3-5,7,9-11,13-14,16,21,31H,6,8,12,15H2,1-2H3,(H,33,36)(H,32,34,37)/t16-,21+/m0/s1. The van der Waals surface area contributed by atoms with Crippen molar-refractivity contribution in [1.29, 1.82) is 0 Å². The van der Waals surface area contributed by atoms with Crippen molar-refractivity contribution < 1.29 is 22.8 Å². The number of alkyl halides is 3. The molecule has 0 bridgehead atoms. The first-order valence-corrected chi connectivity index (χ1v) is 12.2. The van der Waals surface area contributed by atoms with E-state index in [1.807, 2.05) is 24.3 Å². The molecular weight excluding hydrogens is 499 g/mol. The number of nitrogens with one attached hydrogen (secondary N) is 3. The highest BCUT2D eigenvalue weighted by atomic mass is 19.4. The van der Waals surface area contributed by atoms with Gasteiger partial charge in [-0.1, -0.05) is 36.4 Å². The number of likely N-dealkylation sites (N-methyl/N-ethyl adjacent to an activating group) is 1. The molecule has 0 aliphatic heterocycles. The number of anilines is 1. The molecule has 0 saturated carbocycles. The highest BCUT2D eigenvalue weighted by Crippen LogP contribution is 2.32. The first kappa shape index (κ1) is 27.1. The van der Waals surface area contributed by atoms with Gasteiger partial charge in [-0.2, -0.15) is 13.2 Å². The number of halogens is 3. The average Bonchev–Trinajstić information content (AvgIpc) is 2.90. The molecule has 0 saturated heterocycles. The normalized spacial score (nSPS) is 15.9. The SMILES string of the molecule is CN[C@@H](C)C(=O)Nc1ncc(-c2cccc(C(F)(F)F)c2)n(CC(=O)N[C@@H]2CCCc3ccccc32)c1=O. The maximum Gasteiger partial charge on any atom is 0.416 e. The molecule has 3 N–H and O–H groups in total. The van der Waals surface area contributed by atoms with Gasteiger partial charge in [0.1, 0.15) is 6.54 Å². The van der Waals surface area contributed by atoms with Crippen molar-refractivity contribution in [3.63, 3.8) is 0 Å². The Hall–Kier alpha value is -3.99. The zero-order valence-corrected chi connectivity index (χ0v) is 20.9. The predicted molar refractivity (Wildman–Crippen MR) is 136 cm³/mol. The molecule has 0 radical (unpaired) electrons. The molecule has 11 heteroatoms. The number of hydrogen-bond donors (Lipinski definition) is 3.